The topological polar surface area (TPSA) is 101 Å². The molecule has 2 rings (SSSR count). The highest BCUT2D eigenvalue weighted by Crippen LogP contribution is 2.20. The Morgan fingerprint density at radius 3 is 2.67 bits per heavy atom. The third-order valence-electron chi connectivity index (χ3n) is 3.27. The van der Waals surface area contributed by atoms with Crippen LogP contribution in [0, 0.1) is 5.92 Å². The first kappa shape index (κ1) is 17.9. The Balaban J connectivity index is 2.12. The zero-order valence-corrected chi connectivity index (χ0v) is 14.2. The maximum Gasteiger partial charge on any atom is 0.326 e. The number of rotatable bonds is 7. The molecule has 128 valence electrons. The van der Waals surface area contributed by atoms with Crippen LogP contribution in [0.15, 0.2) is 34.4 Å². The van der Waals surface area contributed by atoms with Gasteiger partial charge in [-0.1, -0.05) is 19.9 Å². The summed E-state index contributed by atoms with van der Waals surface area (Å²) in [5.74, 6) is -1.53. The molecule has 0 radical (unpaired) electrons. The Hall–Kier alpha value is -2.48. The van der Waals surface area contributed by atoms with E-state index in [4.69, 9.17) is 5.11 Å². The van der Waals surface area contributed by atoms with Crippen molar-refractivity contribution in [2.75, 3.05) is 0 Å². The summed E-state index contributed by atoms with van der Waals surface area (Å²) in [6.45, 7) is 3.43. The van der Waals surface area contributed by atoms with E-state index in [1.165, 1.54) is 17.4 Å². The van der Waals surface area contributed by atoms with Crippen LogP contribution in [-0.4, -0.2) is 32.8 Å². The minimum Gasteiger partial charge on any atom is -0.480 e. The van der Waals surface area contributed by atoms with Crippen LogP contribution in [0.3, 0.4) is 0 Å². The fourth-order valence-corrected chi connectivity index (χ4v) is 2.88. The van der Waals surface area contributed by atoms with E-state index in [1.54, 1.807) is 6.07 Å². The average Bonchev–Trinajstić information content (AvgIpc) is 3.02. The quantitative estimate of drug-likeness (QED) is 0.790. The second kappa shape index (κ2) is 7.87. The third kappa shape index (κ3) is 4.76. The Morgan fingerprint density at radius 2 is 2.08 bits per heavy atom. The lowest BCUT2D eigenvalue weighted by Gasteiger charge is -2.16. The van der Waals surface area contributed by atoms with E-state index in [9.17, 15) is 14.4 Å². The van der Waals surface area contributed by atoms with Gasteiger partial charge in [0, 0.05) is 6.07 Å². The van der Waals surface area contributed by atoms with Crippen LogP contribution in [0.1, 0.15) is 20.3 Å². The summed E-state index contributed by atoms with van der Waals surface area (Å²) in [5, 5.41) is 17.7. The maximum absolute atomic E-state index is 12.1. The van der Waals surface area contributed by atoms with Crippen LogP contribution in [0.4, 0.5) is 0 Å². The molecule has 0 aromatic carbocycles. The number of aromatic nitrogens is 2. The smallest absolute Gasteiger partial charge is 0.326 e. The summed E-state index contributed by atoms with van der Waals surface area (Å²) in [5.41, 5.74) is 0.176. The van der Waals surface area contributed by atoms with E-state index >= 15 is 0 Å². The molecule has 0 spiro atoms. The van der Waals surface area contributed by atoms with Gasteiger partial charge in [0.2, 0.25) is 5.91 Å². The highest BCUT2D eigenvalue weighted by Gasteiger charge is 2.21. The normalized spacial score (nSPS) is 12.1. The summed E-state index contributed by atoms with van der Waals surface area (Å²) < 4.78 is 1.04. The van der Waals surface area contributed by atoms with Crippen molar-refractivity contribution < 1.29 is 14.7 Å². The van der Waals surface area contributed by atoms with Gasteiger partial charge in [0.25, 0.3) is 5.56 Å². The highest BCUT2D eigenvalue weighted by atomic mass is 32.1. The first-order valence-electron chi connectivity index (χ1n) is 7.51. The number of aliphatic carboxylic acids is 1. The van der Waals surface area contributed by atoms with E-state index in [2.05, 4.69) is 10.4 Å². The van der Waals surface area contributed by atoms with E-state index in [0.717, 1.165) is 9.56 Å². The zero-order chi connectivity index (χ0) is 17.7. The lowest BCUT2D eigenvalue weighted by molar-refractivity contribution is -0.142. The van der Waals surface area contributed by atoms with Crippen molar-refractivity contribution in [1.29, 1.82) is 0 Å². The lowest BCUT2D eigenvalue weighted by atomic mass is 10.0. The molecule has 0 unspecified atom stereocenters. The first-order valence-corrected chi connectivity index (χ1v) is 8.39. The number of nitrogens with one attached hydrogen (secondary N) is 1. The Morgan fingerprint density at radius 1 is 1.33 bits per heavy atom. The molecule has 0 aliphatic rings. The molecule has 0 aliphatic heterocycles. The van der Waals surface area contributed by atoms with Crippen LogP contribution < -0.4 is 10.9 Å². The zero-order valence-electron chi connectivity index (χ0n) is 13.4. The highest BCUT2D eigenvalue weighted by molar-refractivity contribution is 7.13. The molecule has 24 heavy (non-hydrogen) atoms. The number of carbonyl (C=O) groups is 2. The molecule has 0 bridgehead atoms. The largest absolute Gasteiger partial charge is 0.480 e. The van der Waals surface area contributed by atoms with E-state index < -0.39 is 23.5 Å². The standard InChI is InChI=1S/C16H19N3O4S/c1-10(2)8-12(16(22)23)17-14(20)9-19-15(21)6-5-11(18-19)13-4-3-7-24-13/h3-7,10,12H,8-9H2,1-2H3,(H,17,20)(H,22,23)/t12-/m0/s1. The molecule has 8 heteroatoms. The van der Waals surface area contributed by atoms with Gasteiger partial charge in [-0.05, 0) is 29.9 Å². The van der Waals surface area contributed by atoms with E-state index in [0.29, 0.717) is 12.1 Å². The van der Waals surface area contributed by atoms with Gasteiger partial charge in [0.15, 0.2) is 0 Å². The maximum atomic E-state index is 12.1. The Kier molecular flexibility index (Phi) is 5.86. The summed E-state index contributed by atoms with van der Waals surface area (Å²) in [6, 6.07) is 5.70. The molecule has 7 nitrogen and oxygen atoms in total. The van der Waals surface area contributed by atoms with Crippen molar-refractivity contribution in [2.45, 2.75) is 32.9 Å². The van der Waals surface area contributed by atoms with Crippen molar-refractivity contribution in [3.8, 4) is 10.6 Å². The van der Waals surface area contributed by atoms with Gasteiger partial charge in [-0.2, -0.15) is 5.10 Å². The number of nitrogens with zero attached hydrogens (tertiary/aromatic N) is 2. The van der Waals surface area contributed by atoms with Gasteiger partial charge >= 0.3 is 5.97 Å². The third-order valence-corrected chi connectivity index (χ3v) is 4.17. The van der Waals surface area contributed by atoms with Crippen LogP contribution in [-0.2, 0) is 16.1 Å². The predicted octanol–water partition coefficient (Wildman–Crippen LogP) is 1.59. The Bertz CT molecular complexity index is 768. The molecule has 0 saturated heterocycles. The molecule has 2 aromatic heterocycles. The monoisotopic (exact) mass is 349 g/mol. The summed E-state index contributed by atoms with van der Waals surface area (Å²) in [7, 11) is 0. The molecule has 1 atom stereocenters. The number of thiophene rings is 1. The van der Waals surface area contributed by atoms with Crippen LogP contribution in [0.5, 0.6) is 0 Å². The van der Waals surface area contributed by atoms with Crippen molar-refractivity contribution in [3.63, 3.8) is 0 Å². The number of carbonyl (C=O) groups excluding carboxylic acids is 1. The fraction of sp³-hybridized carbons (Fsp3) is 0.375. The van der Waals surface area contributed by atoms with Crippen molar-refractivity contribution in [1.82, 2.24) is 15.1 Å². The van der Waals surface area contributed by atoms with Gasteiger partial charge in [0.05, 0.1) is 4.88 Å². The van der Waals surface area contributed by atoms with Gasteiger partial charge < -0.3 is 10.4 Å². The minimum absolute atomic E-state index is 0.120. The second-order valence-electron chi connectivity index (χ2n) is 5.78. The van der Waals surface area contributed by atoms with Gasteiger partial charge in [0.1, 0.15) is 18.3 Å². The number of hydrogen-bond acceptors (Lipinski definition) is 5. The van der Waals surface area contributed by atoms with Gasteiger partial charge in [-0.15, -0.1) is 11.3 Å². The molecule has 0 saturated carbocycles. The fourth-order valence-electron chi connectivity index (χ4n) is 2.19. The summed E-state index contributed by atoms with van der Waals surface area (Å²) >= 11 is 1.47. The number of hydrogen-bond donors (Lipinski definition) is 2. The van der Waals surface area contributed by atoms with Crippen LogP contribution in [0.2, 0.25) is 0 Å². The molecular weight excluding hydrogens is 330 g/mol. The average molecular weight is 349 g/mol. The van der Waals surface area contributed by atoms with Gasteiger partial charge in [-0.25, -0.2) is 9.48 Å². The Labute approximate surface area is 142 Å². The first-order chi connectivity index (χ1) is 11.4. The molecule has 2 N–H and O–H groups in total. The van der Waals surface area contributed by atoms with E-state index in [1.807, 2.05) is 31.4 Å². The lowest BCUT2D eigenvalue weighted by Crippen LogP contribution is -2.44. The second-order valence-corrected chi connectivity index (χ2v) is 6.73. The van der Waals surface area contributed by atoms with Crippen LogP contribution >= 0.6 is 11.3 Å². The molecule has 0 fully saturated rings. The summed E-state index contributed by atoms with van der Waals surface area (Å²) in [6.07, 6.45) is 0.318. The molecular formula is C16H19N3O4S. The van der Waals surface area contributed by atoms with E-state index in [-0.39, 0.29) is 12.5 Å². The molecule has 1 amide bonds. The number of carboxylic acid groups (broad SMARTS) is 1. The van der Waals surface area contributed by atoms with Crippen molar-refractivity contribution in [2.24, 2.45) is 5.92 Å². The predicted molar refractivity (Wildman–Crippen MR) is 90.8 cm³/mol. The summed E-state index contributed by atoms with van der Waals surface area (Å²) in [4.78, 5) is 36.1. The number of carboxylic acids is 1. The molecule has 2 aromatic rings. The SMILES string of the molecule is CC(C)C[C@H](NC(=O)Cn1nc(-c2cccs2)ccc1=O)C(=O)O. The minimum atomic E-state index is -1.09. The van der Waals surface area contributed by atoms with Crippen LogP contribution in [0.25, 0.3) is 10.6 Å². The van der Waals surface area contributed by atoms with Crippen molar-refractivity contribution >= 4 is 23.2 Å². The molecule has 2 heterocycles. The number of amides is 1. The molecule has 0 aliphatic carbocycles. The van der Waals surface area contributed by atoms with Gasteiger partial charge in [-0.3, -0.25) is 9.59 Å². The van der Waals surface area contributed by atoms with Crippen molar-refractivity contribution in [3.05, 3.63) is 40.0 Å².